The highest BCUT2D eigenvalue weighted by Gasteiger charge is 2.25. The molecule has 1 unspecified atom stereocenters. The predicted molar refractivity (Wildman–Crippen MR) is 164 cm³/mol. The fourth-order valence-electron chi connectivity index (χ4n) is 2.75. The SMILES string of the molecule is CC(C)(C)OC=O.CCCCNC(=O)CCOC(C)(C)COC(C)(C)CNC.O=C(O)CCC(OC(=O)NCC(=O)O)C(=O)O. The number of ether oxygens (including phenoxy) is 4. The lowest BCUT2D eigenvalue weighted by atomic mass is 10.1. The Labute approximate surface area is 265 Å². The van der Waals surface area contributed by atoms with Gasteiger partial charge in [0.1, 0.15) is 12.1 Å². The summed E-state index contributed by atoms with van der Waals surface area (Å²) in [6.45, 7) is 17.8. The average Bonchev–Trinajstić information content (AvgIpc) is 2.89. The van der Waals surface area contributed by atoms with Crippen molar-refractivity contribution in [3.8, 4) is 0 Å². The summed E-state index contributed by atoms with van der Waals surface area (Å²) in [5.41, 5.74) is -0.941. The summed E-state index contributed by atoms with van der Waals surface area (Å²) < 4.78 is 20.5. The number of alkyl carbamates (subject to hydrolysis) is 1. The third kappa shape index (κ3) is 34.9. The van der Waals surface area contributed by atoms with Gasteiger partial charge in [0, 0.05) is 32.4 Å². The zero-order chi connectivity index (χ0) is 35.7. The Bertz CT molecular complexity index is 887. The summed E-state index contributed by atoms with van der Waals surface area (Å²) in [5, 5.41) is 32.9. The number of carbonyl (C=O) groups excluding carboxylic acids is 3. The van der Waals surface area contributed by atoms with Gasteiger partial charge in [-0.2, -0.15) is 0 Å². The number of nitrogens with one attached hydrogen (secondary N) is 3. The number of rotatable bonds is 20. The molecule has 0 bridgehead atoms. The first-order valence-electron chi connectivity index (χ1n) is 14.5. The molecule has 0 rings (SSSR count). The molecule has 0 radical (unpaired) electrons. The number of aliphatic carboxylic acids is 3. The van der Waals surface area contributed by atoms with E-state index in [4.69, 9.17) is 24.8 Å². The Hall–Kier alpha value is -3.50. The van der Waals surface area contributed by atoms with Crippen molar-refractivity contribution in [1.82, 2.24) is 16.0 Å². The first kappa shape index (κ1) is 45.9. The molecule has 0 spiro atoms. The van der Waals surface area contributed by atoms with E-state index in [9.17, 15) is 28.8 Å². The van der Waals surface area contributed by atoms with Gasteiger partial charge >= 0.3 is 24.0 Å². The first-order chi connectivity index (χ1) is 20.6. The van der Waals surface area contributed by atoms with Gasteiger partial charge in [0.2, 0.25) is 12.0 Å². The van der Waals surface area contributed by atoms with E-state index >= 15 is 0 Å². The van der Waals surface area contributed by atoms with Gasteiger partial charge < -0.3 is 50.2 Å². The Balaban J connectivity index is -0.000000656. The molecule has 16 nitrogen and oxygen atoms in total. The Kier molecular flexibility index (Phi) is 25.3. The molecule has 0 saturated heterocycles. The van der Waals surface area contributed by atoms with E-state index in [0.717, 1.165) is 25.9 Å². The fraction of sp³-hybridized carbons (Fsp3) is 0.793. The highest BCUT2D eigenvalue weighted by Crippen LogP contribution is 2.16. The van der Waals surface area contributed by atoms with Crippen LogP contribution >= 0.6 is 0 Å². The lowest BCUT2D eigenvalue weighted by Crippen LogP contribution is -2.42. The van der Waals surface area contributed by atoms with Crippen molar-refractivity contribution in [2.75, 3.05) is 39.9 Å². The molecule has 264 valence electrons. The number of carboxylic acid groups (broad SMARTS) is 3. The van der Waals surface area contributed by atoms with E-state index < -0.39 is 55.1 Å². The first-order valence-corrected chi connectivity index (χ1v) is 14.5. The fourth-order valence-corrected chi connectivity index (χ4v) is 2.75. The average molecular weight is 654 g/mol. The smallest absolute Gasteiger partial charge is 0.408 e. The van der Waals surface area contributed by atoms with Crippen LogP contribution in [0.4, 0.5) is 4.79 Å². The molecule has 2 amide bonds. The summed E-state index contributed by atoms with van der Waals surface area (Å²) in [5.74, 6) is -4.00. The van der Waals surface area contributed by atoms with Crippen molar-refractivity contribution in [3.63, 3.8) is 0 Å². The lowest BCUT2D eigenvalue weighted by Gasteiger charge is -2.32. The molecule has 0 aliphatic heterocycles. The van der Waals surface area contributed by atoms with Crippen molar-refractivity contribution in [2.24, 2.45) is 0 Å². The van der Waals surface area contributed by atoms with Crippen LogP contribution in [0, 0.1) is 0 Å². The number of carbonyl (C=O) groups is 6. The highest BCUT2D eigenvalue weighted by atomic mass is 16.6. The molecular formula is C29H55N3O13. The summed E-state index contributed by atoms with van der Waals surface area (Å²) in [6.07, 6.45) is -1.23. The molecule has 16 heteroatoms. The van der Waals surface area contributed by atoms with E-state index in [1.165, 1.54) is 0 Å². The predicted octanol–water partition coefficient (Wildman–Crippen LogP) is 2.18. The maximum Gasteiger partial charge on any atom is 0.408 e. The standard InChI is InChI=1S/C16H34N2O3.C8H11NO8.C5H10O2/c1-7-8-10-18-14(19)9-11-20-16(4,5)13-21-15(2,3)12-17-6;10-5(11)2-1-4(7(14)15)17-8(16)9-3-6(12)13;1-5(2,3)7-4-6/h17H,7-13H2,1-6H3,(H,18,19);4H,1-3H2,(H,9,16)(H,10,11)(H,12,13)(H,14,15);4H,1-3H3. The van der Waals surface area contributed by atoms with Crippen LogP contribution in [0.25, 0.3) is 0 Å². The minimum absolute atomic E-state index is 0.0516. The Morgan fingerprint density at radius 3 is 1.87 bits per heavy atom. The van der Waals surface area contributed by atoms with Crippen LogP contribution in [-0.4, -0.2) is 115 Å². The summed E-state index contributed by atoms with van der Waals surface area (Å²) >= 11 is 0. The van der Waals surface area contributed by atoms with E-state index in [-0.39, 0.29) is 17.1 Å². The second kappa shape index (κ2) is 24.8. The molecule has 0 aromatic rings. The monoisotopic (exact) mass is 653 g/mol. The van der Waals surface area contributed by atoms with Gasteiger partial charge in [-0.25, -0.2) is 9.59 Å². The summed E-state index contributed by atoms with van der Waals surface area (Å²) in [7, 11) is 1.91. The molecule has 6 N–H and O–H groups in total. The van der Waals surface area contributed by atoms with Gasteiger partial charge in [-0.05, 0) is 61.9 Å². The minimum atomic E-state index is -1.63. The highest BCUT2D eigenvalue weighted by molar-refractivity contribution is 5.80. The lowest BCUT2D eigenvalue weighted by molar-refractivity contribution is -0.148. The third-order valence-corrected chi connectivity index (χ3v) is 5.02. The number of carboxylic acids is 3. The van der Waals surface area contributed by atoms with Gasteiger partial charge in [0.15, 0.2) is 0 Å². The van der Waals surface area contributed by atoms with Crippen molar-refractivity contribution in [3.05, 3.63) is 0 Å². The van der Waals surface area contributed by atoms with Crippen molar-refractivity contribution in [1.29, 1.82) is 0 Å². The molecule has 0 heterocycles. The molecular weight excluding hydrogens is 598 g/mol. The zero-order valence-electron chi connectivity index (χ0n) is 28.1. The van der Waals surface area contributed by atoms with Crippen LogP contribution in [-0.2, 0) is 42.9 Å². The molecule has 0 aromatic carbocycles. The molecule has 0 aliphatic carbocycles. The van der Waals surface area contributed by atoms with E-state index in [2.05, 4.69) is 27.0 Å². The molecule has 0 aliphatic rings. The quantitative estimate of drug-likeness (QED) is 0.0816. The van der Waals surface area contributed by atoms with Crippen LogP contribution < -0.4 is 16.0 Å². The van der Waals surface area contributed by atoms with Gasteiger partial charge in [-0.3, -0.25) is 19.2 Å². The van der Waals surface area contributed by atoms with Gasteiger partial charge in [-0.15, -0.1) is 0 Å². The number of hydrogen-bond acceptors (Lipinski definition) is 11. The van der Waals surface area contributed by atoms with Crippen LogP contribution in [0.15, 0.2) is 0 Å². The number of likely N-dealkylation sites (N-methyl/N-ethyl adjacent to an activating group) is 1. The maximum atomic E-state index is 11.6. The van der Waals surface area contributed by atoms with Crippen molar-refractivity contribution >= 4 is 36.4 Å². The van der Waals surface area contributed by atoms with Crippen LogP contribution in [0.2, 0.25) is 0 Å². The third-order valence-electron chi connectivity index (χ3n) is 5.02. The van der Waals surface area contributed by atoms with Crippen LogP contribution in [0.5, 0.6) is 0 Å². The topological polar surface area (TPSA) is 236 Å². The van der Waals surface area contributed by atoms with E-state index in [1.54, 1.807) is 5.32 Å². The summed E-state index contributed by atoms with van der Waals surface area (Å²) in [6, 6.07) is 0. The molecule has 45 heavy (non-hydrogen) atoms. The molecule has 1 atom stereocenters. The molecule has 0 saturated carbocycles. The minimum Gasteiger partial charge on any atom is -0.481 e. The Morgan fingerprint density at radius 1 is 0.844 bits per heavy atom. The zero-order valence-corrected chi connectivity index (χ0v) is 28.1. The number of unbranched alkanes of at least 4 members (excludes halogenated alkanes) is 1. The van der Waals surface area contributed by atoms with Gasteiger partial charge in [0.25, 0.3) is 6.47 Å². The van der Waals surface area contributed by atoms with E-state index in [0.29, 0.717) is 26.1 Å². The number of amides is 2. The largest absolute Gasteiger partial charge is 0.481 e. The van der Waals surface area contributed by atoms with Crippen LogP contribution in [0.3, 0.4) is 0 Å². The normalized spacial score (nSPS) is 11.8. The van der Waals surface area contributed by atoms with E-state index in [1.807, 2.05) is 55.5 Å². The van der Waals surface area contributed by atoms with Crippen molar-refractivity contribution in [2.45, 2.75) is 110 Å². The molecule has 0 aromatic heterocycles. The second-order valence-corrected chi connectivity index (χ2v) is 11.9. The second-order valence-electron chi connectivity index (χ2n) is 11.9. The van der Waals surface area contributed by atoms with Gasteiger partial charge in [0.05, 0.1) is 24.4 Å². The van der Waals surface area contributed by atoms with Gasteiger partial charge in [-0.1, -0.05) is 13.3 Å². The molecule has 0 fully saturated rings. The van der Waals surface area contributed by atoms with Crippen molar-refractivity contribution < 1.29 is 63.0 Å². The maximum absolute atomic E-state index is 11.6. The summed E-state index contributed by atoms with van der Waals surface area (Å²) in [4.78, 5) is 62.9. The van der Waals surface area contributed by atoms with Crippen LogP contribution in [0.1, 0.15) is 87.5 Å². The Morgan fingerprint density at radius 2 is 1.44 bits per heavy atom. The number of hydrogen-bond donors (Lipinski definition) is 6.